The summed E-state index contributed by atoms with van der Waals surface area (Å²) in [6, 6.07) is 17.4. The third-order valence-corrected chi connectivity index (χ3v) is 5.23. The number of rotatable bonds is 4. The van der Waals surface area contributed by atoms with Gasteiger partial charge in [-0.15, -0.1) is 0 Å². The van der Waals surface area contributed by atoms with E-state index in [1.165, 1.54) is 25.9 Å². The van der Waals surface area contributed by atoms with Crippen LogP contribution in [-0.2, 0) is 0 Å². The zero-order chi connectivity index (χ0) is 16.4. The fraction of sp³-hybridized carbons (Fsp3) is 0.350. The third-order valence-electron chi connectivity index (χ3n) is 5.23. The Hall–Kier alpha value is -2.33. The standard InChI is InChI=1S/C20H22N2O2/c23-20(21-19-14-22-12-10-15(19)11-13-22)16-6-8-18(9-7-16)24-17-4-2-1-3-5-17/h1-9,15,19H,10-14H2,(H,21,23)/p+1/t19-/m1/s1. The van der Waals surface area contributed by atoms with Gasteiger partial charge in [-0.25, -0.2) is 0 Å². The number of amides is 1. The summed E-state index contributed by atoms with van der Waals surface area (Å²) in [5.74, 6) is 2.22. The van der Waals surface area contributed by atoms with E-state index in [0.29, 0.717) is 17.5 Å². The summed E-state index contributed by atoms with van der Waals surface area (Å²) in [6.45, 7) is 3.61. The Bertz CT molecular complexity index is 691. The van der Waals surface area contributed by atoms with Crippen LogP contribution in [0.15, 0.2) is 54.6 Å². The van der Waals surface area contributed by atoms with E-state index in [-0.39, 0.29) is 5.91 Å². The number of ether oxygens (including phenoxy) is 1. The van der Waals surface area contributed by atoms with Gasteiger partial charge in [-0.05, 0) is 42.3 Å². The summed E-state index contributed by atoms with van der Waals surface area (Å²) < 4.78 is 5.77. The summed E-state index contributed by atoms with van der Waals surface area (Å²) >= 11 is 0. The first-order chi connectivity index (χ1) is 11.8. The molecule has 0 spiro atoms. The van der Waals surface area contributed by atoms with Crippen LogP contribution in [0.4, 0.5) is 0 Å². The minimum atomic E-state index is 0.0272. The lowest BCUT2D eigenvalue weighted by molar-refractivity contribution is -0.917. The minimum Gasteiger partial charge on any atom is -0.457 e. The van der Waals surface area contributed by atoms with Crippen LogP contribution in [0.5, 0.6) is 11.5 Å². The van der Waals surface area contributed by atoms with Crippen LogP contribution in [0.3, 0.4) is 0 Å². The summed E-state index contributed by atoms with van der Waals surface area (Å²) in [7, 11) is 0. The van der Waals surface area contributed by atoms with E-state index in [9.17, 15) is 4.79 Å². The molecule has 1 atom stereocenters. The van der Waals surface area contributed by atoms with Crippen molar-refractivity contribution < 1.29 is 14.4 Å². The van der Waals surface area contributed by atoms with E-state index in [2.05, 4.69) is 5.32 Å². The maximum Gasteiger partial charge on any atom is 0.251 e. The fourth-order valence-corrected chi connectivity index (χ4v) is 3.85. The summed E-state index contributed by atoms with van der Waals surface area (Å²) in [5.41, 5.74) is 0.696. The Labute approximate surface area is 142 Å². The van der Waals surface area contributed by atoms with Gasteiger partial charge in [0.2, 0.25) is 0 Å². The summed E-state index contributed by atoms with van der Waals surface area (Å²) in [6.07, 6.45) is 2.48. The molecule has 3 aliphatic heterocycles. The highest BCUT2D eigenvalue weighted by atomic mass is 16.5. The molecule has 2 bridgehead atoms. The predicted molar refractivity (Wildman–Crippen MR) is 92.5 cm³/mol. The van der Waals surface area contributed by atoms with Gasteiger partial charge in [0.1, 0.15) is 11.5 Å². The van der Waals surface area contributed by atoms with Crippen molar-refractivity contribution in [3.05, 3.63) is 60.2 Å². The molecule has 3 fully saturated rings. The zero-order valence-electron chi connectivity index (χ0n) is 13.7. The Morgan fingerprint density at radius 2 is 1.62 bits per heavy atom. The number of fused-ring (bicyclic) bond motifs is 3. The number of piperidine rings is 3. The van der Waals surface area contributed by atoms with Crippen LogP contribution in [-0.4, -0.2) is 31.6 Å². The smallest absolute Gasteiger partial charge is 0.251 e. The molecule has 3 aliphatic rings. The van der Waals surface area contributed by atoms with E-state index in [0.717, 1.165) is 18.0 Å². The van der Waals surface area contributed by atoms with Crippen molar-refractivity contribution in [3.8, 4) is 11.5 Å². The lowest BCUT2D eigenvalue weighted by Crippen LogP contribution is -3.17. The molecule has 1 amide bonds. The van der Waals surface area contributed by atoms with Crippen LogP contribution in [0, 0.1) is 5.92 Å². The molecular formula is C20H23N2O2+. The Morgan fingerprint density at radius 1 is 0.958 bits per heavy atom. The highest BCUT2D eigenvalue weighted by Gasteiger charge is 2.38. The molecule has 3 heterocycles. The van der Waals surface area contributed by atoms with E-state index < -0.39 is 0 Å². The van der Waals surface area contributed by atoms with Crippen molar-refractivity contribution in [1.29, 1.82) is 0 Å². The van der Waals surface area contributed by atoms with Gasteiger partial charge in [-0.1, -0.05) is 18.2 Å². The molecule has 2 aromatic carbocycles. The van der Waals surface area contributed by atoms with Crippen molar-refractivity contribution in [3.63, 3.8) is 0 Å². The monoisotopic (exact) mass is 323 g/mol. The first-order valence-corrected chi connectivity index (χ1v) is 8.75. The number of hydrogen-bond donors (Lipinski definition) is 2. The van der Waals surface area contributed by atoms with Crippen LogP contribution < -0.4 is 15.0 Å². The molecular weight excluding hydrogens is 300 g/mol. The lowest BCUT2D eigenvalue weighted by atomic mass is 9.84. The van der Waals surface area contributed by atoms with Gasteiger partial charge in [0.05, 0.1) is 25.7 Å². The molecule has 0 aliphatic carbocycles. The molecule has 4 heteroatoms. The largest absolute Gasteiger partial charge is 0.457 e. The quantitative estimate of drug-likeness (QED) is 0.902. The normalized spacial score (nSPS) is 25.2. The van der Waals surface area contributed by atoms with Crippen molar-refractivity contribution in [2.45, 2.75) is 18.9 Å². The number of nitrogens with one attached hydrogen (secondary N) is 2. The number of benzene rings is 2. The van der Waals surface area contributed by atoms with Gasteiger partial charge in [-0.3, -0.25) is 4.79 Å². The highest BCUT2D eigenvalue weighted by Crippen LogP contribution is 2.22. The first-order valence-electron chi connectivity index (χ1n) is 8.75. The van der Waals surface area contributed by atoms with Gasteiger partial charge >= 0.3 is 0 Å². The van der Waals surface area contributed by atoms with Gasteiger partial charge in [0, 0.05) is 18.4 Å². The van der Waals surface area contributed by atoms with Crippen molar-refractivity contribution in [1.82, 2.24) is 5.32 Å². The Morgan fingerprint density at radius 3 is 2.25 bits per heavy atom. The van der Waals surface area contributed by atoms with Crippen molar-refractivity contribution >= 4 is 5.91 Å². The second kappa shape index (κ2) is 6.65. The van der Waals surface area contributed by atoms with Crippen LogP contribution >= 0.6 is 0 Å². The molecule has 3 saturated heterocycles. The van der Waals surface area contributed by atoms with Crippen LogP contribution in [0.2, 0.25) is 0 Å². The molecule has 124 valence electrons. The summed E-state index contributed by atoms with van der Waals surface area (Å²) in [4.78, 5) is 14.1. The SMILES string of the molecule is O=C(N[C@@H]1C[NH+]2CCC1CC2)c1ccc(Oc2ccccc2)cc1. The molecule has 2 aromatic rings. The predicted octanol–water partition coefficient (Wildman–Crippen LogP) is 1.89. The fourth-order valence-electron chi connectivity index (χ4n) is 3.85. The molecule has 5 rings (SSSR count). The molecule has 0 unspecified atom stereocenters. The highest BCUT2D eigenvalue weighted by molar-refractivity contribution is 5.94. The van der Waals surface area contributed by atoms with Crippen molar-refractivity contribution in [2.75, 3.05) is 19.6 Å². The summed E-state index contributed by atoms with van der Waals surface area (Å²) in [5, 5.41) is 3.24. The van der Waals surface area contributed by atoms with E-state index in [4.69, 9.17) is 4.74 Å². The van der Waals surface area contributed by atoms with Crippen LogP contribution in [0.25, 0.3) is 0 Å². The number of carbonyl (C=O) groups excluding carboxylic acids is 1. The molecule has 2 N–H and O–H groups in total. The zero-order valence-corrected chi connectivity index (χ0v) is 13.7. The first kappa shape index (κ1) is 15.2. The van der Waals surface area contributed by atoms with Crippen molar-refractivity contribution in [2.24, 2.45) is 5.92 Å². The van der Waals surface area contributed by atoms with Gasteiger partial charge in [0.25, 0.3) is 5.91 Å². The number of carbonyl (C=O) groups is 1. The Kier molecular flexibility index (Phi) is 4.22. The number of hydrogen-bond acceptors (Lipinski definition) is 2. The Balaban J connectivity index is 1.38. The molecule has 0 saturated carbocycles. The maximum absolute atomic E-state index is 12.5. The minimum absolute atomic E-state index is 0.0272. The second-order valence-electron chi connectivity index (χ2n) is 6.81. The number of quaternary nitrogens is 1. The van der Waals surface area contributed by atoms with Gasteiger partial charge in [-0.2, -0.15) is 0 Å². The average molecular weight is 323 g/mol. The van der Waals surface area contributed by atoms with E-state index in [1.807, 2.05) is 54.6 Å². The third kappa shape index (κ3) is 3.29. The second-order valence-corrected chi connectivity index (χ2v) is 6.81. The molecule has 0 radical (unpaired) electrons. The maximum atomic E-state index is 12.5. The van der Waals surface area contributed by atoms with Gasteiger partial charge in [0.15, 0.2) is 0 Å². The topological polar surface area (TPSA) is 42.8 Å². The molecule has 24 heavy (non-hydrogen) atoms. The number of para-hydroxylation sites is 1. The average Bonchev–Trinajstić information content (AvgIpc) is 2.64. The van der Waals surface area contributed by atoms with E-state index in [1.54, 1.807) is 4.90 Å². The lowest BCUT2D eigenvalue weighted by Gasteiger charge is -2.42. The van der Waals surface area contributed by atoms with E-state index >= 15 is 0 Å². The van der Waals surface area contributed by atoms with Gasteiger partial charge < -0.3 is 15.0 Å². The molecule has 0 aromatic heterocycles. The molecule has 4 nitrogen and oxygen atoms in total. The van der Waals surface area contributed by atoms with Crippen LogP contribution in [0.1, 0.15) is 23.2 Å².